The van der Waals surface area contributed by atoms with Crippen LogP contribution in [-0.2, 0) is 23.9 Å². The van der Waals surface area contributed by atoms with Crippen LogP contribution in [0.5, 0.6) is 11.5 Å². The van der Waals surface area contributed by atoms with Crippen molar-refractivity contribution in [2.24, 2.45) is 5.92 Å². The Morgan fingerprint density at radius 2 is 1.71 bits per heavy atom. The van der Waals surface area contributed by atoms with E-state index < -0.39 is 30.0 Å². The first-order valence-corrected chi connectivity index (χ1v) is 17.0. The summed E-state index contributed by atoms with van der Waals surface area (Å²) in [5, 5.41) is 0.742. The monoisotopic (exact) mass is 668 g/mol. The summed E-state index contributed by atoms with van der Waals surface area (Å²) in [7, 11) is 2.91. The molecule has 0 bridgehead atoms. The summed E-state index contributed by atoms with van der Waals surface area (Å²) in [6.07, 6.45) is 10.4. The highest BCUT2D eigenvalue weighted by molar-refractivity contribution is 5.92. The SMILES string of the molecule is C=CCCCCC[C@H](CC(=O)OCCCC=C)C(=O)N1C[C@H](Oc2cc(-c3ccccc3)nc3cc(OC)c(C=C)cc23)C[C@H]1C(=O)OC. The van der Waals surface area contributed by atoms with E-state index in [1.54, 1.807) is 19.3 Å². The second-order valence-electron chi connectivity index (χ2n) is 12.2. The van der Waals surface area contributed by atoms with Gasteiger partial charge in [-0.15, -0.1) is 13.2 Å². The van der Waals surface area contributed by atoms with Crippen molar-refractivity contribution in [2.75, 3.05) is 27.4 Å². The highest BCUT2D eigenvalue weighted by atomic mass is 16.5. The Morgan fingerprint density at radius 1 is 0.959 bits per heavy atom. The normalized spacial score (nSPS) is 16.1. The molecule has 0 radical (unpaired) electrons. The zero-order chi connectivity index (χ0) is 35.2. The van der Waals surface area contributed by atoms with Crippen LogP contribution in [0.4, 0.5) is 0 Å². The molecule has 1 fully saturated rings. The third-order valence-corrected chi connectivity index (χ3v) is 8.76. The first-order valence-electron chi connectivity index (χ1n) is 17.0. The maximum absolute atomic E-state index is 14.2. The molecule has 2 aromatic carbocycles. The number of allylic oxidation sites excluding steroid dienone is 2. The molecular weight excluding hydrogens is 620 g/mol. The van der Waals surface area contributed by atoms with E-state index in [0.29, 0.717) is 35.6 Å². The van der Waals surface area contributed by atoms with Crippen molar-refractivity contribution in [3.63, 3.8) is 0 Å². The smallest absolute Gasteiger partial charge is 0.328 e. The van der Waals surface area contributed by atoms with Gasteiger partial charge in [0.1, 0.15) is 23.6 Å². The van der Waals surface area contributed by atoms with E-state index in [9.17, 15) is 14.4 Å². The molecule has 3 atom stereocenters. The molecule has 0 aliphatic carbocycles. The number of amides is 1. The summed E-state index contributed by atoms with van der Waals surface area (Å²) in [6, 6.07) is 14.5. The van der Waals surface area contributed by atoms with E-state index in [0.717, 1.165) is 48.6 Å². The number of nitrogens with zero attached hydrogens (tertiary/aromatic N) is 2. The number of esters is 2. The Kier molecular flexibility index (Phi) is 14.0. The first kappa shape index (κ1) is 36.9. The van der Waals surface area contributed by atoms with Crippen molar-refractivity contribution in [1.29, 1.82) is 0 Å². The van der Waals surface area contributed by atoms with Crippen LogP contribution in [0.3, 0.4) is 0 Å². The number of unbranched alkanes of at least 4 members (excludes halogenated alkanes) is 4. The predicted octanol–water partition coefficient (Wildman–Crippen LogP) is 7.73. The molecule has 1 aliphatic heterocycles. The number of hydrogen-bond acceptors (Lipinski definition) is 8. The van der Waals surface area contributed by atoms with Gasteiger partial charge in [-0.25, -0.2) is 9.78 Å². The van der Waals surface area contributed by atoms with E-state index in [1.165, 1.54) is 12.0 Å². The number of pyridine rings is 1. The van der Waals surface area contributed by atoms with Crippen LogP contribution < -0.4 is 9.47 Å². The van der Waals surface area contributed by atoms with Crippen molar-refractivity contribution in [1.82, 2.24) is 9.88 Å². The summed E-state index contributed by atoms with van der Waals surface area (Å²) in [5.41, 5.74) is 3.05. The minimum Gasteiger partial charge on any atom is -0.496 e. The Labute approximate surface area is 289 Å². The molecule has 1 amide bonds. The highest BCUT2D eigenvalue weighted by Crippen LogP contribution is 2.37. The number of hydrogen-bond donors (Lipinski definition) is 0. The molecule has 2 heterocycles. The summed E-state index contributed by atoms with van der Waals surface area (Å²) < 4.78 is 22.9. The third-order valence-electron chi connectivity index (χ3n) is 8.76. The fraction of sp³-hybridized carbons (Fsp3) is 0.400. The van der Waals surface area contributed by atoms with Gasteiger partial charge in [0, 0.05) is 41.0 Å². The standard InChI is InChI=1S/C40H48N2O7/c1-6-9-11-12-14-20-30(23-38(43)48-21-17-10-7-2)39(44)42-27-31(24-35(42)40(45)47-5)49-37-25-33(29-18-15-13-16-19-29)41-34-26-36(46-4)28(8-3)22-32(34)37/h6-8,13,15-16,18-19,22,25-26,30-31,35H,1-3,9-12,14,17,20-21,23-24,27H2,4-5H3/t30-,31-,35+/m1/s1. The molecule has 1 aliphatic rings. The van der Waals surface area contributed by atoms with Gasteiger partial charge in [0.25, 0.3) is 0 Å². The van der Waals surface area contributed by atoms with E-state index in [2.05, 4.69) is 19.7 Å². The van der Waals surface area contributed by atoms with Crippen LogP contribution in [-0.4, -0.2) is 67.2 Å². The number of methoxy groups -OCH3 is 2. The van der Waals surface area contributed by atoms with E-state index in [-0.39, 0.29) is 31.9 Å². The van der Waals surface area contributed by atoms with Crippen molar-refractivity contribution in [3.8, 4) is 22.8 Å². The Balaban J connectivity index is 1.63. The average molecular weight is 669 g/mol. The van der Waals surface area contributed by atoms with Crippen LogP contribution in [0.15, 0.2) is 80.4 Å². The molecule has 0 N–H and O–H groups in total. The maximum atomic E-state index is 14.2. The van der Waals surface area contributed by atoms with Gasteiger partial charge in [-0.2, -0.15) is 0 Å². The van der Waals surface area contributed by atoms with E-state index in [1.807, 2.05) is 54.6 Å². The Bertz CT molecular complexity index is 1620. The van der Waals surface area contributed by atoms with Crippen LogP contribution in [0.2, 0.25) is 0 Å². The molecule has 9 heteroatoms. The minimum atomic E-state index is -0.861. The van der Waals surface area contributed by atoms with Crippen molar-refractivity contribution in [3.05, 3.63) is 86.0 Å². The number of fused-ring (bicyclic) bond motifs is 1. The molecule has 1 saturated heterocycles. The predicted molar refractivity (Wildman–Crippen MR) is 192 cm³/mol. The average Bonchev–Trinajstić information content (AvgIpc) is 3.55. The number of aromatic nitrogens is 1. The fourth-order valence-electron chi connectivity index (χ4n) is 6.17. The van der Waals surface area contributed by atoms with Crippen molar-refractivity contribution >= 4 is 34.8 Å². The summed E-state index contributed by atoms with van der Waals surface area (Å²) in [6.45, 7) is 11.8. The van der Waals surface area contributed by atoms with Gasteiger partial charge in [0.2, 0.25) is 5.91 Å². The largest absolute Gasteiger partial charge is 0.496 e. The quantitative estimate of drug-likeness (QED) is 0.0727. The molecule has 0 unspecified atom stereocenters. The van der Waals surface area contributed by atoms with Gasteiger partial charge in [-0.1, -0.05) is 68.0 Å². The lowest BCUT2D eigenvalue weighted by Crippen LogP contribution is -2.44. The number of carbonyl (C=O) groups is 3. The molecule has 9 nitrogen and oxygen atoms in total. The molecule has 260 valence electrons. The summed E-state index contributed by atoms with van der Waals surface area (Å²) in [4.78, 5) is 46.6. The van der Waals surface area contributed by atoms with E-state index in [4.69, 9.17) is 23.9 Å². The van der Waals surface area contributed by atoms with Gasteiger partial charge in [0.05, 0.1) is 45.0 Å². The minimum absolute atomic E-state index is 0.0636. The maximum Gasteiger partial charge on any atom is 0.328 e. The fourth-order valence-corrected chi connectivity index (χ4v) is 6.17. The van der Waals surface area contributed by atoms with Crippen LogP contribution in [0.1, 0.15) is 63.4 Å². The summed E-state index contributed by atoms with van der Waals surface area (Å²) >= 11 is 0. The van der Waals surface area contributed by atoms with Crippen LogP contribution >= 0.6 is 0 Å². The second-order valence-corrected chi connectivity index (χ2v) is 12.2. The molecule has 0 spiro atoms. The molecular formula is C40H48N2O7. The lowest BCUT2D eigenvalue weighted by molar-refractivity contribution is -0.154. The highest BCUT2D eigenvalue weighted by Gasteiger charge is 2.44. The number of rotatable bonds is 19. The second kappa shape index (κ2) is 18.6. The van der Waals surface area contributed by atoms with Crippen LogP contribution in [0.25, 0.3) is 28.2 Å². The van der Waals surface area contributed by atoms with Gasteiger partial charge in [0.15, 0.2) is 0 Å². The van der Waals surface area contributed by atoms with Crippen molar-refractivity contribution < 1.29 is 33.3 Å². The molecule has 0 saturated carbocycles. The zero-order valence-electron chi connectivity index (χ0n) is 28.7. The third kappa shape index (κ3) is 9.81. The summed E-state index contributed by atoms with van der Waals surface area (Å²) in [5.74, 6) is -0.699. The van der Waals surface area contributed by atoms with Crippen LogP contribution in [0, 0.1) is 5.92 Å². The zero-order valence-corrected chi connectivity index (χ0v) is 28.7. The molecule has 49 heavy (non-hydrogen) atoms. The van der Waals surface area contributed by atoms with Gasteiger partial charge in [-0.05, 0) is 38.2 Å². The topological polar surface area (TPSA) is 104 Å². The van der Waals surface area contributed by atoms with Gasteiger partial charge >= 0.3 is 11.9 Å². The molecule has 1 aromatic heterocycles. The molecule has 3 aromatic rings. The number of likely N-dealkylation sites (tertiary alicyclic amines) is 1. The number of benzene rings is 2. The number of carbonyl (C=O) groups excluding carboxylic acids is 3. The lowest BCUT2D eigenvalue weighted by Gasteiger charge is -2.27. The Hall–Kier alpha value is -4.92. The van der Waals surface area contributed by atoms with Gasteiger partial charge in [-0.3, -0.25) is 9.59 Å². The first-order chi connectivity index (χ1) is 23.8. The lowest BCUT2D eigenvalue weighted by atomic mass is 9.95. The van der Waals surface area contributed by atoms with Crippen molar-refractivity contribution in [2.45, 2.75) is 69.9 Å². The van der Waals surface area contributed by atoms with E-state index >= 15 is 0 Å². The number of ether oxygens (including phenoxy) is 4. The molecule has 4 rings (SSSR count). The van der Waals surface area contributed by atoms with Gasteiger partial charge < -0.3 is 23.8 Å². The Morgan fingerprint density at radius 3 is 2.41 bits per heavy atom.